The molecule has 9 heteroatoms. The molecule has 4 rings (SSSR count). The van der Waals surface area contributed by atoms with Crippen LogP contribution in [0, 0.1) is 11.8 Å². The van der Waals surface area contributed by atoms with Crippen LogP contribution >= 0.6 is 0 Å². The van der Waals surface area contributed by atoms with E-state index in [4.69, 9.17) is 5.73 Å². The van der Waals surface area contributed by atoms with E-state index in [1.54, 1.807) is 54.6 Å². The van der Waals surface area contributed by atoms with Gasteiger partial charge < -0.3 is 15.7 Å². The summed E-state index contributed by atoms with van der Waals surface area (Å²) < 4.78 is 1.64. The van der Waals surface area contributed by atoms with Crippen molar-refractivity contribution < 1.29 is 14.7 Å². The molecule has 0 unspecified atom stereocenters. The zero-order chi connectivity index (χ0) is 21.3. The van der Waals surface area contributed by atoms with E-state index in [-0.39, 0.29) is 17.9 Å². The van der Waals surface area contributed by atoms with Crippen LogP contribution in [0.15, 0.2) is 49.1 Å². The first-order valence-electron chi connectivity index (χ1n) is 9.14. The molecule has 1 fully saturated rings. The van der Waals surface area contributed by atoms with Gasteiger partial charge in [-0.05, 0) is 12.1 Å². The maximum atomic E-state index is 12.1. The average Bonchev–Trinajstić information content (AvgIpc) is 3.38. The average molecular weight is 402 g/mol. The predicted octanol–water partition coefficient (Wildman–Crippen LogP) is 0.373. The van der Waals surface area contributed by atoms with Gasteiger partial charge in [0.1, 0.15) is 17.8 Å². The van der Waals surface area contributed by atoms with Crippen LogP contribution in [0.2, 0.25) is 0 Å². The number of hydrogen-bond acceptors (Lipinski definition) is 6. The van der Waals surface area contributed by atoms with Crippen LogP contribution < -0.4 is 5.73 Å². The Kier molecular flexibility index (Phi) is 4.77. The SMILES string of the molecule is CN1CC[C@@](O)(C#Cc2cccc(-c3nc(C(N)=O)cc(-n4ccnc4)n3)c2)C1=O. The molecule has 3 heterocycles. The van der Waals surface area contributed by atoms with E-state index in [1.165, 1.54) is 11.0 Å². The first-order valence-corrected chi connectivity index (χ1v) is 9.14. The molecule has 3 aromatic rings. The number of likely N-dealkylation sites (N-methyl/N-ethyl adjacent to an activating group) is 1. The number of carbonyl (C=O) groups is 2. The molecule has 1 saturated heterocycles. The summed E-state index contributed by atoms with van der Waals surface area (Å²) in [5.74, 6) is 5.18. The summed E-state index contributed by atoms with van der Waals surface area (Å²) in [5, 5.41) is 10.5. The van der Waals surface area contributed by atoms with Gasteiger partial charge in [0.25, 0.3) is 11.8 Å². The number of aliphatic hydroxyl groups is 1. The summed E-state index contributed by atoms with van der Waals surface area (Å²) >= 11 is 0. The molecule has 1 aliphatic rings. The number of carbonyl (C=O) groups excluding carboxylic acids is 2. The third kappa shape index (κ3) is 3.64. The van der Waals surface area contributed by atoms with Crippen LogP contribution in [0.25, 0.3) is 17.2 Å². The second-order valence-corrected chi connectivity index (χ2v) is 6.94. The molecule has 0 spiro atoms. The van der Waals surface area contributed by atoms with Crippen LogP contribution in [0.5, 0.6) is 0 Å². The molecule has 3 N–H and O–H groups in total. The van der Waals surface area contributed by atoms with Crippen LogP contribution in [-0.2, 0) is 4.79 Å². The largest absolute Gasteiger partial charge is 0.369 e. The van der Waals surface area contributed by atoms with Crippen molar-refractivity contribution in [2.75, 3.05) is 13.6 Å². The Morgan fingerprint density at radius 1 is 1.30 bits per heavy atom. The molecule has 0 bridgehead atoms. The van der Waals surface area contributed by atoms with Gasteiger partial charge >= 0.3 is 0 Å². The third-order valence-electron chi connectivity index (χ3n) is 4.78. The van der Waals surface area contributed by atoms with Crippen molar-refractivity contribution >= 4 is 11.8 Å². The Hall–Kier alpha value is -4.03. The Balaban J connectivity index is 1.72. The highest BCUT2D eigenvalue weighted by Crippen LogP contribution is 2.22. The Morgan fingerprint density at radius 3 is 2.80 bits per heavy atom. The lowest BCUT2D eigenvalue weighted by Crippen LogP contribution is -2.37. The molecular weight excluding hydrogens is 384 g/mol. The zero-order valence-electron chi connectivity index (χ0n) is 16.1. The molecule has 1 aliphatic heterocycles. The molecule has 2 amide bonds. The van der Waals surface area contributed by atoms with Crippen LogP contribution in [0.4, 0.5) is 0 Å². The quantitative estimate of drug-likeness (QED) is 0.610. The zero-order valence-corrected chi connectivity index (χ0v) is 16.1. The molecule has 9 nitrogen and oxygen atoms in total. The van der Waals surface area contributed by atoms with Gasteiger partial charge in [0.05, 0.1) is 0 Å². The standard InChI is InChI=1S/C21H18N6O3/c1-26-9-7-21(30,20(26)29)6-5-14-3-2-4-15(11-14)19-24-16(18(22)28)12-17(25-19)27-10-8-23-13-27/h2-4,8,10-13,30H,7,9H2,1H3,(H2,22,28)/t21-/m0/s1. The normalized spacial score (nSPS) is 18.2. The fraction of sp³-hybridized carbons (Fsp3) is 0.190. The summed E-state index contributed by atoms with van der Waals surface area (Å²) in [6.07, 6.45) is 5.09. The van der Waals surface area contributed by atoms with E-state index in [9.17, 15) is 14.7 Å². The van der Waals surface area contributed by atoms with Gasteiger partial charge in [-0.2, -0.15) is 0 Å². The number of nitrogens with two attached hydrogens (primary N) is 1. The number of likely N-dealkylation sites (tertiary alicyclic amines) is 1. The van der Waals surface area contributed by atoms with Crippen LogP contribution in [0.1, 0.15) is 22.5 Å². The molecule has 0 aliphatic carbocycles. The fourth-order valence-electron chi connectivity index (χ4n) is 3.10. The molecule has 150 valence electrons. The number of rotatable bonds is 3. The van der Waals surface area contributed by atoms with Crippen molar-refractivity contribution in [3.05, 3.63) is 60.3 Å². The van der Waals surface area contributed by atoms with Gasteiger partial charge in [0.2, 0.25) is 5.60 Å². The summed E-state index contributed by atoms with van der Waals surface area (Å²) in [7, 11) is 1.63. The summed E-state index contributed by atoms with van der Waals surface area (Å²) in [4.78, 5) is 38.0. The highest BCUT2D eigenvalue weighted by atomic mass is 16.3. The van der Waals surface area contributed by atoms with Gasteiger partial charge in [-0.1, -0.05) is 24.0 Å². The highest BCUT2D eigenvalue weighted by Gasteiger charge is 2.42. The maximum absolute atomic E-state index is 12.1. The molecular formula is C21H18N6O3. The number of hydrogen-bond donors (Lipinski definition) is 2. The number of imidazole rings is 1. The van der Waals surface area contributed by atoms with Gasteiger partial charge in [0.15, 0.2) is 5.82 Å². The van der Waals surface area contributed by atoms with Gasteiger partial charge in [-0.15, -0.1) is 0 Å². The minimum absolute atomic E-state index is 0.0640. The summed E-state index contributed by atoms with van der Waals surface area (Å²) in [6.45, 7) is 0.453. The Bertz CT molecular complexity index is 1190. The lowest BCUT2D eigenvalue weighted by molar-refractivity contribution is -0.137. The Morgan fingerprint density at radius 2 is 2.13 bits per heavy atom. The number of aromatic nitrogens is 4. The Labute approximate surface area is 172 Å². The van der Waals surface area contributed by atoms with E-state index in [0.717, 1.165) is 0 Å². The highest BCUT2D eigenvalue weighted by molar-refractivity contribution is 5.92. The maximum Gasteiger partial charge on any atom is 0.267 e. The molecule has 30 heavy (non-hydrogen) atoms. The third-order valence-corrected chi connectivity index (χ3v) is 4.78. The minimum Gasteiger partial charge on any atom is -0.369 e. The van der Waals surface area contributed by atoms with Crippen molar-refractivity contribution in [1.82, 2.24) is 24.4 Å². The van der Waals surface area contributed by atoms with E-state index in [0.29, 0.717) is 23.5 Å². The monoisotopic (exact) mass is 402 g/mol. The smallest absolute Gasteiger partial charge is 0.267 e. The second kappa shape index (κ2) is 7.42. The molecule has 1 aromatic carbocycles. The number of nitrogens with zero attached hydrogens (tertiary/aromatic N) is 5. The minimum atomic E-state index is -1.68. The summed E-state index contributed by atoms with van der Waals surface area (Å²) in [5.41, 5.74) is 4.99. The topological polar surface area (TPSA) is 127 Å². The van der Waals surface area contributed by atoms with Gasteiger partial charge in [-0.25, -0.2) is 15.0 Å². The number of primary amides is 1. The molecule has 1 atom stereocenters. The van der Waals surface area contributed by atoms with Crippen LogP contribution in [-0.4, -0.2) is 60.5 Å². The van der Waals surface area contributed by atoms with E-state index in [1.807, 2.05) is 0 Å². The molecule has 2 aromatic heterocycles. The predicted molar refractivity (Wildman–Crippen MR) is 107 cm³/mol. The lowest BCUT2D eigenvalue weighted by atomic mass is 10.0. The van der Waals surface area contributed by atoms with Crippen molar-refractivity contribution in [2.45, 2.75) is 12.0 Å². The molecule has 0 radical (unpaired) electrons. The number of benzene rings is 1. The summed E-state index contributed by atoms with van der Waals surface area (Å²) in [6, 6.07) is 8.47. The van der Waals surface area contributed by atoms with Crippen molar-refractivity contribution in [3.63, 3.8) is 0 Å². The molecule has 0 saturated carbocycles. The van der Waals surface area contributed by atoms with Gasteiger partial charge in [-0.3, -0.25) is 14.2 Å². The first-order chi connectivity index (χ1) is 14.4. The van der Waals surface area contributed by atoms with Gasteiger partial charge in [0, 0.05) is 49.6 Å². The van der Waals surface area contributed by atoms with E-state index >= 15 is 0 Å². The fourth-order valence-corrected chi connectivity index (χ4v) is 3.10. The second-order valence-electron chi connectivity index (χ2n) is 6.94. The van der Waals surface area contributed by atoms with Crippen LogP contribution in [0.3, 0.4) is 0 Å². The van der Waals surface area contributed by atoms with Crippen molar-refractivity contribution in [2.24, 2.45) is 5.73 Å². The van der Waals surface area contributed by atoms with Crippen molar-refractivity contribution in [1.29, 1.82) is 0 Å². The van der Waals surface area contributed by atoms with E-state index < -0.39 is 17.4 Å². The lowest BCUT2D eigenvalue weighted by Gasteiger charge is -2.13. The first kappa shape index (κ1) is 19.3. The van der Waals surface area contributed by atoms with Crippen molar-refractivity contribution in [3.8, 4) is 29.0 Å². The van der Waals surface area contributed by atoms with E-state index in [2.05, 4.69) is 26.8 Å². The number of amides is 2.